The molecule has 0 aliphatic heterocycles. The molecule has 0 bridgehead atoms. The van der Waals surface area contributed by atoms with Gasteiger partial charge in [-0.05, 0) is 55.9 Å². The van der Waals surface area contributed by atoms with E-state index in [9.17, 15) is 9.50 Å². The molecule has 0 spiro atoms. The van der Waals surface area contributed by atoms with Crippen LogP contribution in [0.4, 0.5) is 27.5 Å². The van der Waals surface area contributed by atoms with Gasteiger partial charge in [-0.25, -0.2) is 9.37 Å². The number of phenols is 1. The summed E-state index contributed by atoms with van der Waals surface area (Å²) in [7, 11) is 0. The molecular weight excluding hydrogens is 395 g/mol. The second-order valence-electron chi connectivity index (χ2n) is 7.29. The molecular formula is C23H29FN6O. The molecule has 0 unspecified atom stereocenters. The van der Waals surface area contributed by atoms with Gasteiger partial charge in [0, 0.05) is 30.4 Å². The van der Waals surface area contributed by atoms with Crippen molar-refractivity contribution in [3.63, 3.8) is 0 Å². The summed E-state index contributed by atoms with van der Waals surface area (Å²) in [5.74, 6) is 0.380. The van der Waals surface area contributed by atoms with E-state index in [-0.39, 0.29) is 17.5 Å². The van der Waals surface area contributed by atoms with Crippen LogP contribution in [0.2, 0.25) is 0 Å². The molecule has 0 saturated carbocycles. The molecule has 31 heavy (non-hydrogen) atoms. The van der Waals surface area contributed by atoms with Gasteiger partial charge in [-0.2, -0.15) is 4.98 Å². The highest BCUT2D eigenvalue weighted by Gasteiger charge is 2.12. The molecule has 0 aliphatic carbocycles. The Morgan fingerprint density at radius 3 is 2.55 bits per heavy atom. The minimum atomic E-state index is -0.347. The van der Waals surface area contributed by atoms with E-state index in [1.807, 2.05) is 13.0 Å². The van der Waals surface area contributed by atoms with Gasteiger partial charge in [-0.15, -0.1) is 0 Å². The molecule has 0 atom stereocenters. The molecule has 3 rings (SSSR count). The number of likely N-dealkylation sites (N-methyl/N-ethyl adjacent to an activating group) is 1. The third-order valence-corrected chi connectivity index (χ3v) is 5.05. The Labute approximate surface area is 182 Å². The average molecular weight is 425 g/mol. The van der Waals surface area contributed by atoms with Crippen molar-refractivity contribution in [1.29, 1.82) is 0 Å². The van der Waals surface area contributed by atoms with Crippen molar-refractivity contribution >= 4 is 23.1 Å². The summed E-state index contributed by atoms with van der Waals surface area (Å²) < 4.78 is 14.2. The summed E-state index contributed by atoms with van der Waals surface area (Å²) in [6.07, 6.45) is 0. The fraction of sp³-hybridized carbons (Fsp3) is 0.304. The number of phenolic OH excluding ortho intramolecular Hbond substituents is 1. The van der Waals surface area contributed by atoms with Crippen LogP contribution in [-0.4, -0.2) is 46.2 Å². The number of benzene rings is 2. The van der Waals surface area contributed by atoms with E-state index >= 15 is 0 Å². The van der Waals surface area contributed by atoms with Gasteiger partial charge < -0.3 is 26.4 Å². The van der Waals surface area contributed by atoms with Crippen molar-refractivity contribution in [3.8, 4) is 17.0 Å². The number of hydrogen-bond donors (Lipinski definition) is 4. The number of halogens is 1. The van der Waals surface area contributed by atoms with E-state index in [2.05, 4.69) is 39.3 Å². The van der Waals surface area contributed by atoms with Crippen LogP contribution in [0.1, 0.15) is 19.4 Å². The summed E-state index contributed by atoms with van der Waals surface area (Å²) in [6.45, 7) is 9.61. The Kier molecular flexibility index (Phi) is 7.25. The molecule has 5 N–H and O–H groups in total. The van der Waals surface area contributed by atoms with Gasteiger partial charge in [-0.1, -0.05) is 19.9 Å². The van der Waals surface area contributed by atoms with Crippen LogP contribution in [0.3, 0.4) is 0 Å². The number of nitrogen functional groups attached to an aromatic ring is 1. The maximum atomic E-state index is 14.2. The normalized spacial score (nSPS) is 11.0. The highest BCUT2D eigenvalue weighted by atomic mass is 19.1. The first kappa shape index (κ1) is 22.3. The summed E-state index contributed by atoms with van der Waals surface area (Å²) >= 11 is 0. The van der Waals surface area contributed by atoms with Crippen molar-refractivity contribution < 1.29 is 9.50 Å². The molecule has 1 heterocycles. The third kappa shape index (κ3) is 5.82. The average Bonchev–Trinajstić information content (AvgIpc) is 2.74. The van der Waals surface area contributed by atoms with Gasteiger partial charge in [0.05, 0.1) is 11.4 Å². The number of aromatic hydroxyl groups is 1. The molecule has 0 radical (unpaired) electrons. The standard InChI is InChI=1S/C23H29FN6O/c1-4-30(5-2)11-10-26-22-14-20(28-23(25)29-22)17-13-16(7-9-21(17)31)27-19-8-6-15(3)12-18(19)24/h6-9,12-14,27,31H,4-5,10-11H2,1-3H3,(H3,25,26,28,29). The van der Waals surface area contributed by atoms with Crippen LogP contribution in [-0.2, 0) is 0 Å². The van der Waals surface area contributed by atoms with Crippen molar-refractivity contribution in [3.05, 3.63) is 53.8 Å². The molecule has 7 nitrogen and oxygen atoms in total. The Bertz CT molecular complexity index is 1040. The van der Waals surface area contributed by atoms with Crippen LogP contribution in [0.15, 0.2) is 42.5 Å². The van der Waals surface area contributed by atoms with Crippen molar-refractivity contribution in [2.24, 2.45) is 0 Å². The fourth-order valence-electron chi connectivity index (χ4n) is 3.27. The smallest absolute Gasteiger partial charge is 0.222 e. The number of rotatable bonds is 9. The van der Waals surface area contributed by atoms with E-state index in [4.69, 9.17) is 5.73 Å². The predicted molar refractivity (Wildman–Crippen MR) is 124 cm³/mol. The first-order valence-corrected chi connectivity index (χ1v) is 10.4. The number of hydrogen-bond acceptors (Lipinski definition) is 7. The fourth-order valence-corrected chi connectivity index (χ4v) is 3.27. The SMILES string of the molecule is CCN(CC)CCNc1cc(-c2cc(Nc3ccc(C)cc3F)ccc2O)nc(N)n1. The first-order chi connectivity index (χ1) is 14.9. The summed E-state index contributed by atoms with van der Waals surface area (Å²) in [5.41, 5.74) is 8.66. The minimum absolute atomic E-state index is 0.0436. The van der Waals surface area contributed by atoms with Crippen LogP contribution in [0, 0.1) is 12.7 Å². The number of nitrogens with one attached hydrogen (secondary N) is 2. The Morgan fingerprint density at radius 1 is 1.06 bits per heavy atom. The van der Waals surface area contributed by atoms with E-state index in [0.29, 0.717) is 35.0 Å². The topological polar surface area (TPSA) is 99.3 Å². The number of aryl methyl sites for hydroxylation is 1. The monoisotopic (exact) mass is 424 g/mol. The summed E-state index contributed by atoms with van der Waals surface area (Å²) in [6, 6.07) is 11.6. The lowest BCUT2D eigenvalue weighted by molar-refractivity contribution is 0.316. The zero-order valence-electron chi connectivity index (χ0n) is 18.1. The highest BCUT2D eigenvalue weighted by Crippen LogP contribution is 2.33. The summed E-state index contributed by atoms with van der Waals surface area (Å²) in [5, 5.41) is 16.7. The molecule has 0 fully saturated rings. The van der Waals surface area contributed by atoms with Crippen LogP contribution >= 0.6 is 0 Å². The second-order valence-corrected chi connectivity index (χ2v) is 7.29. The number of nitrogens with two attached hydrogens (primary N) is 1. The summed E-state index contributed by atoms with van der Waals surface area (Å²) in [4.78, 5) is 10.8. The Balaban J connectivity index is 1.83. The second kappa shape index (κ2) is 10.1. The van der Waals surface area contributed by atoms with Gasteiger partial charge in [0.2, 0.25) is 5.95 Å². The maximum absolute atomic E-state index is 14.2. The van der Waals surface area contributed by atoms with Crippen molar-refractivity contribution in [2.75, 3.05) is 42.5 Å². The van der Waals surface area contributed by atoms with Gasteiger partial charge in [0.1, 0.15) is 17.4 Å². The zero-order valence-corrected chi connectivity index (χ0v) is 18.1. The lowest BCUT2D eigenvalue weighted by Crippen LogP contribution is -2.28. The first-order valence-electron chi connectivity index (χ1n) is 10.4. The van der Waals surface area contributed by atoms with Crippen LogP contribution in [0.5, 0.6) is 5.75 Å². The highest BCUT2D eigenvalue weighted by molar-refractivity contribution is 5.75. The van der Waals surface area contributed by atoms with Gasteiger partial charge >= 0.3 is 0 Å². The Morgan fingerprint density at radius 2 is 1.84 bits per heavy atom. The maximum Gasteiger partial charge on any atom is 0.222 e. The lowest BCUT2D eigenvalue weighted by Gasteiger charge is -2.18. The minimum Gasteiger partial charge on any atom is -0.507 e. The van der Waals surface area contributed by atoms with Crippen molar-refractivity contribution in [2.45, 2.75) is 20.8 Å². The van der Waals surface area contributed by atoms with Crippen LogP contribution in [0.25, 0.3) is 11.3 Å². The molecule has 8 heteroatoms. The van der Waals surface area contributed by atoms with E-state index < -0.39 is 0 Å². The molecule has 2 aromatic carbocycles. The molecule has 0 aliphatic rings. The number of nitrogens with zero attached hydrogens (tertiary/aromatic N) is 3. The lowest BCUT2D eigenvalue weighted by atomic mass is 10.1. The zero-order chi connectivity index (χ0) is 22.4. The Hall–Kier alpha value is -3.39. The molecule has 0 amide bonds. The number of anilines is 4. The van der Waals surface area contributed by atoms with Gasteiger partial charge in [0.25, 0.3) is 0 Å². The van der Waals surface area contributed by atoms with E-state index in [0.717, 1.165) is 25.2 Å². The van der Waals surface area contributed by atoms with Gasteiger partial charge in [-0.3, -0.25) is 0 Å². The third-order valence-electron chi connectivity index (χ3n) is 5.05. The molecule has 164 valence electrons. The quantitative estimate of drug-likeness (QED) is 0.378. The van der Waals surface area contributed by atoms with E-state index in [1.54, 1.807) is 24.3 Å². The van der Waals surface area contributed by atoms with Crippen LogP contribution < -0.4 is 16.4 Å². The van der Waals surface area contributed by atoms with Crippen molar-refractivity contribution in [1.82, 2.24) is 14.9 Å². The van der Waals surface area contributed by atoms with Gasteiger partial charge in [0.15, 0.2) is 0 Å². The predicted octanol–water partition coefficient (Wildman–Crippen LogP) is 4.38. The number of aromatic nitrogens is 2. The largest absolute Gasteiger partial charge is 0.507 e. The molecule has 1 aromatic heterocycles. The van der Waals surface area contributed by atoms with E-state index in [1.165, 1.54) is 12.1 Å². The molecule has 3 aromatic rings. The molecule has 0 saturated heterocycles.